The van der Waals surface area contributed by atoms with E-state index in [0.29, 0.717) is 6.54 Å². The van der Waals surface area contributed by atoms with Gasteiger partial charge in [-0.2, -0.15) is 0 Å². The number of hydrogen-bond donors (Lipinski definition) is 0. The van der Waals surface area contributed by atoms with Crippen LogP contribution in [0.1, 0.15) is 0 Å². The van der Waals surface area contributed by atoms with Crippen molar-refractivity contribution in [3.05, 3.63) is 30.3 Å². The quantitative estimate of drug-likeness (QED) is 0.762. The molecule has 0 saturated carbocycles. The van der Waals surface area contributed by atoms with Gasteiger partial charge in [0.1, 0.15) is 0 Å². The lowest BCUT2D eigenvalue weighted by molar-refractivity contribution is -0.117. The third-order valence-electron chi connectivity index (χ3n) is 2.70. The highest BCUT2D eigenvalue weighted by Crippen LogP contribution is 2.41. The van der Waals surface area contributed by atoms with Crippen LogP contribution in [-0.4, -0.2) is 22.7 Å². The Morgan fingerprint density at radius 1 is 1.31 bits per heavy atom. The van der Waals surface area contributed by atoms with Crippen LogP contribution in [0, 0.1) is 5.92 Å². The normalized spacial score (nSPS) is 23.8. The third-order valence-corrected chi connectivity index (χ3v) is 4.01. The molecule has 1 aromatic carbocycles. The number of benzene rings is 1. The molecule has 1 heterocycles. The number of carbonyl (C=O) groups is 1. The fourth-order valence-corrected chi connectivity index (χ4v) is 2.73. The van der Waals surface area contributed by atoms with Crippen molar-refractivity contribution in [3.63, 3.8) is 0 Å². The van der Waals surface area contributed by atoms with Crippen molar-refractivity contribution in [1.82, 2.24) is 0 Å². The van der Waals surface area contributed by atoms with Crippen LogP contribution in [0.25, 0.3) is 0 Å². The van der Waals surface area contributed by atoms with E-state index in [-0.39, 0.29) is 17.7 Å². The Bertz CT molecular complexity index is 393. The molecule has 1 unspecified atom stereocenters. The molecule has 0 spiro atoms. The second-order valence-electron chi connectivity index (χ2n) is 3.73. The van der Waals surface area contributed by atoms with Crippen molar-refractivity contribution >= 4 is 46.4 Å². The second-order valence-corrected chi connectivity index (χ2v) is 5.42. The van der Waals surface area contributed by atoms with E-state index in [4.69, 9.17) is 34.8 Å². The van der Waals surface area contributed by atoms with E-state index in [2.05, 4.69) is 0 Å². The fourth-order valence-electron chi connectivity index (χ4n) is 1.75. The van der Waals surface area contributed by atoms with Gasteiger partial charge in [0.25, 0.3) is 5.91 Å². The van der Waals surface area contributed by atoms with E-state index in [1.807, 2.05) is 30.3 Å². The van der Waals surface area contributed by atoms with E-state index in [1.54, 1.807) is 4.90 Å². The maximum Gasteiger partial charge on any atom is 0.263 e. The summed E-state index contributed by atoms with van der Waals surface area (Å²) in [4.78, 5) is 13.6. The van der Waals surface area contributed by atoms with Crippen molar-refractivity contribution in [3.8, 4) is 0 Å². The highest BCUT2D eigenvalue weighted by molar-refractivity contribution is 6.60. The lowest BCUT2D eigenvalue weighted by Crippen LogP contribution is -2.33. The Hall–Kier alpha value is -0.440. The molecule has 1 saturated heterocycles. The molecule has 0 bridgehead atoms. The third kappa shape index (κ3) is 1.90. The SMILES string of the molecule is O=C1N(c2ccccc2)CC(CCl)C1(Cl)Cl. The largest absolute Gasteiger partial charge is 0.309 e. The molecule has 1 amide bonds. The summed E-state index contributed by atoms with van der Waals surface area (Å²) in [5.41, 5.74) is 0.797. The molecule has 0 radical (unpaired) electrons. The molecule has 1 aliphatic heterocycles. The highest BCUT2D eigenvalue weighted by Gasteiger charge is 2.51. The Kier molecular flexibility index (Phi) is 3.34. The second kappa shape index (κ2) is 4.44. The molecule has 1 aliphatic rings. The standard InChI is InChI=1S/C11H10Cl3NO/c12-6-8-7-15(10(16)11(8,13)14)9-4-2-1-3-5-9/h1-5,8H,6-7H2. The fraction of sp³-hybridized carbons (Fsp3) is 0.364. The van der Waals surface area contributed by atoms with Crippen LogP contribution >= 0.6 is 34.8 Å². The smallest absolute Gasteiger partial charge is 0.263 e. The van der Waals surface area contributed by atoms with Crippen LogP contribution in [0.3, 0.4) is 0 Å². The Morgan fingerprint density at radius 2 is 1.94 bits per heavy atom. The number of carbonyl (C=O) groups excluding carboxylic acids is 1. The molecular formula is C11H10Cl3NO. The van der Waals surface area contributed by atoms with Gasteiger partial charge in [-0.3, -0.25) is 4.79 Å². The summed E-state index contributed by atoms with van der Waals surface area (Å²) in [5.74, 6) is -0.278. The number of hydrogen-bond acceptors (Lipinski definition) is 1. The molecule has 1 atom stereocenters. The van der Waals surface area contributed by atoms with Gasteiger partial charge in [-0.1, -0.05) is 41.4 Å². The molecule has 2 rings (SSSR count). The van der Waals surface area contributed by atoms with Gasteiger partial charge in [-0.15, -0.1) is 11.6 Å². The Morgan fingerprint density at radius 3 is 2.44 bits per heavy atom. The van der Waals surface area contributed by atoms with Crippen molar-refractivity contribution in [2.24, 2.45) is 5.92 Å². The first-order valence-corrected chi connectivity index (χ1v) is 6.17. The minimum atomic E-state index is -1.41. The van der Waals surface area contributed by atoms with Gasteiger partial charge in [0.15, 0.2) is 0 Å². The van der Waals surface area contributed by atoms with E-state index in [0.717, 1.165) is 5.69 Å². The monoisotopic (exact) mass is 277 g/mol. The van der Waals surface area contributed by atoms with Gasteiger partial charge in [0, 0.05) is 24.0 Å². The van der Waals surface area contributed by atoms with E-state index in [9.17, 15) is 4.79 Å². The molecule has 1 aromatic rings. The predicted molar refractivity (Wildman–Crippen MR) is 67.4 cm³/mol. The molecule has 16 heavy (non-hydrogen) atoms. The molecule has 0 aromatic heterocycles. The van der Waals surface area contributed by atoms with Crippen LogP contribution in [-0.2, 0) is 4.79 Å². The molecule has 86 valence electrons. The first-order chi connectivity index (χ1) is 7.57. The number of amides is 1. The van der Waals surface area contributed by atoms with Gasteiger partial charge in [-0.05, 0) is 12.1 Å². The molecule has 0 aliphatic carbocycles. The van der Waals surface area contributed by atoms with Gasteiger partial charge < -0.3 is 4.90 Å². The number of alkyl halides is 3. The van der Waals surface area contributed by atoms with E-state index in [1.165, 1.54) is 0 Å². The van der Waals surface area contributed by atoms with Crippen LogP contribution in [0.5, 0.6) is 0 Å². The molecule has 2 nitrogen and oxygen atoms in total. The number of halogens is 3. The van der Waals surface area contributed by atoms with Crippen molar-refractivity contribution in [2.75, 3.05) is 17.3 Å². The lowest BCUT2D eigenvalue weighted by atomic mass is 10.1. The van der Waals surface area contributed by atoms with Crippen molar-refractivity contribution < 1.29 is 4.79 Å². The topological polar surface area (TPSA) is 20.3 Å². The summed E-state index contributed by atoms with van der Waals surface area (Å²) in [6.07, 6.45) is 0. The predicted octanol–water partition coefficient (Wildman–Crippen LogP) is 3.06. The van der Waals surface area contributed by atoms with Crippen LogP contribution in [0.4, 0.5) is 5.69 Å². The van der Waals surface area contributed by atoms with Crippen LogP contribution in [0.15, 0.2) is 30.3 Å². The Balaban J connectivity index is 2.30. The summed E-state index contributed by atoms with van der Waals surface area (Å²) in [7, 11) is 0. The molecular weight excluding hydrogens is 268 g/mol. The highest BCUT2D eigenvalue weighted by atomic mass is 35.5. The minimum Gasteiger partial charge on any atom is -0.309 e. The summed E-state index contributed by atoms with van der Waals surface area (Å²) in [6, 6.07) is 9.30. The van der Waals surface area contributed by atoms with Gasteiger partial charge in [-0.25, -0.2) is 0 Å². The van der Waals surface area contributed by atoms with Crippen molar-refractivity contribution in [2.45, 2.75) is 4.33 Å². The van der Waals surface area contributed by atoms with Crippen molar-refractivity contribution in [1.29, 1.82) is 0 Å². The van der Waals surface area contributed by atoms with Crippen LogP contribution < -0.4 is 4.90 Å². The van der Waals surface area contributed by atoms with Gasteiger partial charge in [0.2, 0.25) is 4.33 Å². The summed E-state index contributed by atoms with van der Waals surface area (Å²) >= 11 is 17.8. The first kappa shape index (κ1) is 12.0. The zero-order valence-corrected chi connectivity index (χ0v) is 10.6. The van der Waals surface area contributed by atoms with E-state index < -0.39 is 4.33 Å². The first-order valence-electron chi connectivity index (χ1n) is 4.88. The van der Waals surface area contributed by atoms with E-state index >= 15 is 0 Å². The van der Waals surface area contributed by atoms with Gasteiger partial charge >= 0.3 is 0 Å². The zero-order valence-electron chi connectivity index (χ0n) is 8.37. The van der Waals surface area contributed by atoms with Gasteiger partial charge in [0.05, 0.1) is 0 Å². The lowest BCUT2D eigenvalue weighted by Gasteiger charge is -2.17. The summed E-state index contributed by atoms with van der Waals surface area (Å²) in [5, 5.41) is 0. The maximum absolute atomic E-state index is 12.0. The Labute approximate surface area is 109 Å². The van der Waals surface area contributed by atoms with Crippen LogP contribution in [0.2, 0.25) is 0 Å². The molecule has 5 heteroatoms. The number of anilines is 1. The molecule has 1 fully saturated rings. The summed E-state index contributed by atoms with van der Waals surface area (Å²) < 4.78 is -1.41. The maximum atomic E-state index is 12.0. The average Bonchev–Trinajstić information content (AvgIpc) is 2.52. The number of nitrogens with zero attached hydrogens (tertiary/aromatic N) is 1. The number of para-hydroxylation sites is 1. The number of rotatable bonds is 2. The molecule has 0 N–H and O–H groups in total. The minimum absolute atomic E-state index is 0.245. The zero-order chi connectivity index (χ0) is 11.8. The summed E-state index contributed by atoms with van der Waals surface area (Å²) in [6.45, 7) is 0.458. The average molecular weight is 279 g/mol.